The summed E-state index contributed by atoms with van der Waals surface area (Å²) in [5.41, 5.74) is 1.11. The molecule has 5 nitrogen and oxygen atoms in total. The molecule has 1 N–H and O–H groups in total. The van der Waals surface area contributed by atoms with Crippen molar-refractivity contribution in [2.45, 2.75) is 32.4 Å². The van der Waals surface area contributed by atoms with Gasteiger partial charge in [-0.1, -0.05) is 18.7 Å². The van der Waals surface area contributed by atoms with Crippen molar-refractivity contribution in [3.8, 4) is 11.5 Å². The maximum Gasteiger partial charge on any atom is 0.169 e. The van der Waals surface area contributed by atoms with Crippen LogP contribution in [-0.2, 0) is 11.3 Å². The zero-order valence-corrected chi connectivity index (χ0v) is 15.9. The fourth-order valence-electron chi connectivity index (χ4n) is 2.82. The fraction of sp³-hybridized carbons (Fsp3) is 0.526. The van der Waals surface area contributed by atoms with Crippen molar-refractivity contribution < 1.29 is 14.2 Å². The molecule has 0 unspecified atom stereocenters. The third-order valence-corrected chi connectivity index (χ3v) is 4.42. The highest BCUT2D eigenvalue weighted by atomic mass is 32.1. The lowest BCUT2D eigenvalue weighted by molar-refractivity contribution is 0.0897. The van der Waals surface area contributed by atoms with Gasteiger partial charge in [0, 0.05) is 26.2 Å². The summed E-state index contributed by atoms with van der Waals surface area (Å²) in [5, 5.41) is 4.00. The van der Waals surface area contributed by atoms with Gasteiger partial charge in [-0.05, 0) is 49.7 Å². The standard InChI is InChI=1S/C19H28N2O3S/c1-4-10-24-17-9-8-15(12-18(17)22-3)13-21(19(25)20-5-2)14-16-7-6-11-23-16/h4,8-9,12,16H,1,5-7,10-11,13-14H2,2-3H3,(H,20,25)/t16-/m0/s1. The highest BCUT2D eigenvalue weighted by Crippen LogP contribution is 2.29. The zero-order valence-electron chi connectivity index (χ0n) is 15.1. The Bertz CT molecular complexity index is 574. The Morgan fingerprint density at radius 2 is 2.32 bits per heavy atom. The van der Waals surface area contributed by atoms with Gasteiger partial charge in [0.2, 0.25) is 0 Å². The molecule has 1 fully saturated rings. The van der Waals surface area contributed by atoms with E-state index < -0.39 is 0 Å². The van der Waals surface area contributed by atoms with Crippen LogP contribution in [0.15, 0.2) is 30.9 Å². The van der Waals surface area contributed by atoms with Crippen molar-refractivity contribution in [3.63, 3.8) is 0 Å². The number of benzene rings is 1. The molecule has 0 spiro atoms. The summed E-state index contributed by atoms with van der Waals surface area (Å²) < 4.78 is 16.8. The molecule has 25 heavy (non-hydrogen) atoms. The van der Waals surface area contributed by atoms with Gasteiger partial charge in [-0.25, -0.2) is 0 Å². The minimum atomic E-state index is 0.244. The monoisotopic (exact) mass is 364 g/mol. The fourth-order valence-corrected chi connectivity index (χ4v) is 3.10. The number of hydrogen-bond donors (Lipinski definition) is 1. The molecule has 1 aromatic rings. The maximum atomic E-state index is 5.77. The van der Waals surface area contributed by atoms with E-state index in [9.17, 15) is 0 Å². The molecular formula is C19H28N2O3S. The number of hydrogen-bond acceptors (Lipinski definition) is 4. The van der Waals surface area contributed by atoms with Crippen LogP contribution < -0.4 is 14.8 Å². The minimum absolute atomic E-state index is 0.244. The second kappa shape index (κ2) is 10.3. The van der Waals surface area contributed by atoms with Gasteiger partial charge >= 0.3 is 0 Å². The summed E-state index contributed by atoms with van der Waals surface area (Å²) in [7, 11) is 1.65. The Balaban J connectivity index is 2.10. The molecule has 0 aliphatic carbocycles. The van der Waals surface area contributed by atoms with E-state index in [2.05, 4.69) is 16.8 Å². The molecule has 1 aromatic carbocycles. The van der Waals surface area contributed by atoms with Crippen LogP contribution in [0, 0.1) is 0 Å². The number of methoxy groups -OCH3 is 1. The summed E-state index contributed by atoms with van der Waals surface area (Å²) in [6, 6.07) is 5.96. The van der Waals surface area contributed by atoms with Crippen molar-refractivity contribution in [3.05, 3.63) is 36.4 Å². The summed E-state index contributed by atoms with van der Waals surface area (Å²) >= 11 is 5.54. The first-order chi connectivity index (χ1) is 12.2. The zero-order chi connectivity index (χ0) is 18.1. The minimum Gasteiger partial charge on any atom is -0.493 e. The third kappa shape index (κ3) is 5.90. The lowest BCUT2D eigenvalue weighted by Gasteiger charge is -2.28. The molecule has 1 aliphatic heterocycles. The molecule has 6 heteroatoms. The van der Waals surface area contributed by atoms with Gasteiger partial charge in [0.25, 0.3) is 0 Å². The van der Waals surface area contributed by atoms with Crippen molar-refractivity contribution >= 4 is 17.3 Å². The highest BCUT2D eigenvalue weighted by Gasteiger charge is 2.21. The average Bonchev–Trinajstić information content (AvgIpc) is 3.13. The molecule has 0 radical (unpaired) electrons. The number of ether oxygens (including phenoxy) is 3. The Labute approximate surface area is 155 Å². The normalized spacial score (nSPS) is 16.3. The van der Waals surface area contributed by atoms with Gasteiger partial charge in [0.15, 0.2) is 16.6 Å². The molecule has 0 aromatic heterocycles. The van der Waals surface area contributed by atoms with Gasteiger partial charge < -0.3 is 24.4 Å². The Kier molecular flexibility index (Phi) is 8.01. The van der Waals surface area contributed by atoms with Crippen LogP contribution in [0.2, 0.25) is 0 Å². The van der Waals surface area contributed by atoms with Crippen molar-refractivity contribution in [2.75, 3.05) is 33.4 Å². The van der Waals surface area contributed by atoms with E-state index in [0.29, 0.717) is 24.7 Å². The summed E-state index contributed by atoms with van der Waals surface area (Å²) in [4.78, 5) is 2.16. The van der Waals surface area contributed by atoms with Crippen LogP contribution >= 0.6 is 12.2 Å². The molecule has 1 aliphatic rings. The average molecular weight is 365 g/mol. The number of rotatable bonds is 9. The number of nitrogens with zero attached hydrogens (tertiary/aromatic N) is 1. The lowest BCUT2D eigenvalue weighted by Crippen LogP contribution is -2.43. The topological polar surface area (TPSA) is 43.0 Å². The predicted molar refractivity (Wildman–Crippen MR) is 104 cm³/mol. The van der Waals surface area contributed by atoms with E-state index in [1.807, 2.05) is 25.1 Å². The van der Waals surface area contributed by atoms with Gasteiger partial charge in [-0.2, -0.15) is 0 Å². The van der Waals surface area contributed by atoms with Gasteiger partial charge in [0.05, 0.1) is 13.2 Å². The van der Waals surface area contributed by atoms with Crippen molar-refractivity contribution in [1.82, 2.24) is 10.2 Å². The first-order valence-electron chi connectivity index (χ1n) is 8.72. The van der Waals surface area contributed by atoms with Crippen molar-refractivity contribution in [1.29, 1.82) is 0 Å². The van der Waals surface area contributed by atoms with Crippen LogP contribution in [0.1, 0.15) is 25.3 Å². The molecule has 1 saturated heterocycles. The van der Waals surface area contributed by atoms with Gasteiger partial charge in [-0.3, -0.25) is 0 Å². The second-order valence-electron chi connectivity index (χ2n) is 5.94. The summed E-state index contributed by atoms with van der Waals surface area (Å²) in [6.07, 6.45) is 4.16. The molecule has 138 valence electrons. The van der Waals surface area contributed by atoms with Gasteiger partial charge in [-0.15, -0.1) is 0 Å². The molecule has 0 amide bonds. The highest BCUT2D eigenvalue weighted by molar-refractivity contribution is 7.80. The third-order valence-electron chi connectivity index (χ3n) is 4.02. The smallest absolute Gasteiger partial charge is 0.169 e. The molecule has 0 bridgehead atoms. The van der Waals surface area contributed by atoms with E-state index in [-0.39, 0.29) is 6.10 Å². The van der Waals surface area contributed by atoms with Crippen LogP contribution in [-0.4, -0.2) is 49.5 Å². The van der Waals surface area contributed by atoms with E-state index in [1.54, 1.807) is 13.2 Å². The quantitative estimate of drug-likeness (QED) is 0.536. The van der Waals surface area contributed by atoms with E-state index in [4.69, 9.17) is 26.4 Å². The Morgan fingerprint density at radius 3 is 2.96 bits per heavy atom. The van der Waals surface area contributed by atoms with Gasteiger partial charge in [0.1, 0.15) is 6.61 Å². The second-order valence-corrected chi connectivity index (χ2v) is 6.32. The number of nitrogens with one attached hydrogen (secondary N) is 1. The maximum absolute atomic E-state index is 5.77. The summed E-state index contributed by atoms with van der Waals surface area (Å²) in [6.45, 7) is 9.30. The predicted octanol–water partition coefficient (Wildman–Crippen LogP) is 3.14. The van der Waals surface area contributed by atoms with E-state index in [1.165, 1.54) is 0 Å². The SMILES string of the molecule is C=CCOc1ccc(CN(C[C@@H]2CCCO2)C(=S)NCC)cc1OC. The van der Waals surface area contributed by atoms with Crippen LogP contribution in [0.3, 0.4) is 0 Å². The van der Waals surface area contributed by atoms with Crippen LogP contribution in [0.25, 0.3) is 0 Å². The van der Waals surface area contributed by atoms with E-state index in [0.717, 1.165) is 43.2 Å². The largest absolute Gasteiger partial charge is 0.493 e. The van der Waals surface area contributed by atoms with Crippen LogP contribution in [0.5, 0.6) is 11.5 Å². The van der Waals surface area contributed by atoms with Crippen LogP contribution in [0.4, 0.5) is 0 Å². The molecule has 2 rings (SSSR count). The summed E-state index contributed by atoms with van der Waals surface area (Å²) in [5.74, 6) is 1.43. The first kappa shape index (κ1) is 19.5. The number of thiocarbonyl (C=S) groups is 1. The Morgan fingerprint density at radius 1 is 1.48 bits per heavy atom. The lowest BCUT2D eigenvalue weighted by atomic mass is 10.1. The molecular weight excluding hydrogens is 336 g/mol. The molecule has 1 atom stereocenters. The molecule has 1 heterocycles. The Hall–Kier alpha value is -1.79. The first-order valence-corrected chi connectivity index (χ1v) is 9.13. The van der Waals surface area contributed by atoms with E-state index >= 15 is 0 Å². The van der Waals surface area contributed by atoms with Crippen molar-refractivity contribution in [2.24, 2.45) is 0 Å². The molecule has 0 saturated carbocycles.